The van der Waals surface area contributed by atoms with Gasteiger partial charge < -0.3 is 9.73 Å². The van der Waals surface area contributed by atoms with Gasteiger partial charge in [-0.1, -0.05) is 31.4 Å². The summed E-state index contributed by atoms with van der Waals surface area (Å²) in [5, 5.41) is 2.73. The molecule has 1 aliphatic carbocycles. The van der Waals surface area contributed by atoms with Crippen molar-refractivity contribution in [3.05, 3.63) is 54.0 Å². The molecule has 7 nitrogen and oxygen atoms in total. The van der Waals surface area contributed by atoms with Crippen molar-refractivity contribution in [3.8, 4) is 0 Å². The fourth-order valence-electron chi connectivity index (χ4n) is 3.22. The minimum absolute atomic E-state index is 0.0791. The van der Waals surface area contributed by atoms with Crippen molar-refractivity contribution in [2.24, 2.45) is 0 Å². The van der Waals surface area contributed by atoms with Crippen molar-refractivity contribution in [3.63, 3.8) is 0 Å². The van der Waals surface area contributed by atoms with E-state index < -0.39 is 10.2 Å². The molecule has 0 spiro atoms. The van der Waals surface area contributed by atoms with Gasteiger partial charge in [0.1, 0.15) is 0 Å². The van der Waals surface area contributed by atoms with E-state index in [-0.39, 0.29) is 24.3 Å². The highest BCUT2D eigenvalue weighted by Gasteiger charge is 2.27. The molecule has 3 rings (SSSR count). The predicted octanol–water partition coefficient (Wildman–Crippen LogP) is 3.13. The van der Waals surface area contributed by atoms with Gasteiger partial charge >= 0.3 is 0 Å². The average molecular weight is 391 g/mol. The summed E-state index contributed by atoms with van der Waals surface area (Å²) in [5.74, 6) is -0.0971. The van der Waals surface area contributed by atoms with Crippen LogP contribution >= 0.6 is 0 Å². The molecule has 0 unspecified atom stereocenters. The Kier molecular flexibility index (Phi) is 6.30. The first-order valence-corrected chi connectivity index (χ1v) is 10.6. The number of furan rings is 1. The van der Waals surface area contributed by atoms with Crippen LogP contribution in [0, 0.1) is 0 Å². The van der Waals surface area contributed by atoms with Crippen molar-refractivity contribution in [1.29, 1.82) is 0 Å². The first-order chi connectivity index (χ1) is 13.0. The molecule has 1 saturated carbocycles. The van der Waals surface area contributed by atoms with Gasteiger partial charge in [-0.2, -0.15) is 17.4 Å². The second-order valence-corrected chi connectivity index (χ2v) is 8.58. The summed E-state index contributed by atoms with van der Waals surface area (Å²) in [4.78, 5) is 11.9. The average Bonchev–Trinajstić information content (AvgIpc) is 3.22. The molecule has 8 heteroatoms. The highest BCUT2D eigenvalue weighted by molar-refractivity contribution is 7.87. The van der Waals surface area contributed by atoms with Crippen molar-refractivity contribution < 1.29 is 17.6 Å². The monoisotopic (exact) mass is 391 g/mol. The second kappa shape index (κ2) is 8.69. The van der Waals surface area contributed by atoms with Gasteiger partial charge in [-0.25, -0.2) is 0 Å². The van der Waals surface area contributed by atoms with Crippen LogP contribution in [0.4, 0.5) is 5.69 Å². The molecule has 146 valence electrons. The van der Waals surface area contributed by atoms with Crippen molar-refractivity contribution >= 4 is 21.8 Å². The molecule has 1 fully saturated rings. The van der Waals surface area contributed by atoms with Crippen LogP contribution in [-0.4, -0.2) is 31.7 Å². The number of nitrogens with one attached hydrogen (secondary N) is 2. The molecule has 1 heterocycles. The van der Waals surface area contributed by atoms with Gasteiger partial charge in [-0.15, -0.1) is 0 Å². The second-order valence-electron chi connectivity index (χ2n) is 6.76. The molecule has 0 radical (unpaired) electrons. The smallest absolute Gasteiger partial charge is 0.291 e. The maximum absolute atomic E-state index is 12.5. The van der Waals surface area contributed by atoms with E-state index in [1.54, 1.807) is 43.4 Å². The van der Waals surface area contributed by atoms with Crippen molar-refractivity contribution in [2.45, 2.75) is 44.7 Å². The van der Waals surface area contributed by atoms with Crippen LogP contribution in [0.2, 0.25) is 0 Å². The number of amides is 1. The van der Waals surface area contributed by atoms with E-state index in [4.69, 9.17) is 4.42 Å². The van der Waals surface area contributed by atoms with Gasteiger partial charge in [0.2, 0.25) is 0 Å². The first kappa shape index (κ1) is 19.6. The quantitative estimate of drug-likeness (QED) is 0.758. The van der Waals surface area contributed by atoms with Crippen LogP contribution in [0.25, 0.3) is 0 Å². The van der Waals surface area contributed by atoms with Gasteiger partial charge in [-0.3, -0.25) is 4.79 Å². The lowest BCUT2D eigenvalue weighted by atomic mass is 9.96. The lowest BCUT2D eigenvalue weighted by molar-refractivity contribution is 0.0996. The van der Waals surface area contributed by atoms with Gasteiger partial charge in [0.05, 0.1) is 6.26 Å². The fraction of sp³-hybridized carbons (Fsp3) is 0.421. The summed E-state index contributed by atoms with van der Waals surface area (Å²) in [6.45, 7) is 0.200. The molecular formula is C19H25N3O4S. The van der Waals surface area contributed by atoms with E-state index in [9.17, 15) is 13.2 Å². The summed E-state index contributed by atoms with van der Waals surface area (Å²) in [5.41, 5.74) is 1.42. The van der Waals surface area contributed by atoms with Crippen LogP contribution in [-0.2, 0) is 16.8 Å². The Morgan fingerprint density at radius 3 is 2.48 bits per heavy atom. The third-order valence-electron chi connectivity index (χ3n) is 4.88. The summed E-state index contributed by atoms with van der Waals surface area (Å²) in [6.07, 6.45) is 6.61. The first-order valence-electron chi connectivity index (χ1n) is 9.12. The standard InChI is InChI=1S/C19H25N3O4S/c1-22(17-6-3-2-4-7-17)27(24,25)20-14-15-9-11-16(12-10-15)21-19(23)18-8-5-13-26-18/h5,8-13,17,20H,2-4,6-7,14H2,1H3,(H,21,23). The van der Waals surface area contributed by atoms with Crippen LogP contribution in [0.5, 0.6) is 0 Å². The van der Waals surface area contributed by atoms with Gasteiger partial charge in [-0.05, 0) is 42.7 Å². The number of hydrogen-bond donors (Lipinski definition) is 2. The van der Waals surface area contributed by atoms with Crippen LogP contribution in [0.1, 0.15) is 48.2 Å². The summed E-state index contributed by atoms with van der Waals surface area (Å²) >= 11 is 0. The minimum Gasteiger partial charge on any atom is -0.459 e. The van der Waals surface area contributed by atoms with Crippen molar-refractivity contribution in [2.75, 3.05) is 12.4 Å². The van der Waals surface area contributed by atoms with E-state index in [0.717, 1.165) is 31.2 Å². The topological polar surface area (TPSA) is 91.7 Å². The molecule has 0 saturated heterocycles. The van der Waals surface area contributed by atoms with Gasteiger partial charge in [0, 0.05) is 25.3 Å². The molecule has 1 aliphatic rings. The van der Waals surface area contributed by atoms with E-state index in [2.05, 4.69) is 10.0 Å². The molecule has 1 aromatic carbocycles. The molecule has 1 aromatic heterocycles. The summed E-state index contributed by atoms with van der Waals surface area (Å²) < 4.78 is 34.1. The Labute approximate surface area is 159 Å². The molecule has 27 heavy (non-hydrogen) atoms. The van der Waals surface area contributed by atoms with E-state index in [1.807, 2.05) is 0 Å². The zero-order valence-corrected chi connectivity index (χ0v) is 16.2. The molecule has 2 aromatic rings. The largest absolute Gasteiger partial charge is 0.459 e. The fourth-order valence-corrected chi connectivity index (χ4v) is 4.38. The molecule has 0 bridgehead atoms. The summed E-state index contributed by atoms with van der Waals surface area (Å²) in [7, 11) is -1.87. The zero-order chi connectivity index (χ0) is 19.3. The number of anilines is 1. The predicted molar refractivity (Wildman–Crippen MR) is 103 cm³/mol. The number of carbonyl (C=O) groups is 1. The number of carbonyl (C=O) groups excluding carboxylic acids is 1. The SMILES string of the molecule is CN(C1CCCCC1)S(=O)(=O)NCc1ccc(NC(=O)c2ccco2)cc1. The highest BCUT2D eigenvalue weighted by atomic mass is 32.2. The van der Waals surface area contributed by atoms with E-state index in [0.29, 0.717) is 5.69 Å². The Morgan fingerprint density at radius 2 is 1.85 bits per heavy atom. The molecule has 1 amide bonds. The van der Waals surface area contributed by atoms with Crippen molar-refractivity contribution in [1.82, 2.24) is 9.03 Å². The Bertz CT molecular complexity index is 842. The van der Waals surface area contributed by atoms with E-state index >= 15 is 0 Å². The Hall–Kier alpha value is -2.16. The maximum atomic E-state index is 12.5. The Balaban J connectivity index is 1.54. The number of nitrogens with zero attached hydrogens (tertiary/aromatic N) is 1. The number of hydrogen-bond acceptors (Lipinski definition) is 4. The highest BCUT2D eigenvalue weighted by Crippen LogP contribution is 2.23. The van der Waals surface area contributed by atoms with Crippen LogP contribution in [0.3, 0.4) is 0 Å². The van der Waals surface area contributed by atoms with Gasteiger partial charge in [0.15, 0.2) is 5.76 Å². The summed E-state index contributed by atoms with van der Waals surface area (Å²) in [6, 6.07) is 10.3. The molecular weight excluding hydrogens is 366 g/mol. The Morgan fingerprint density at radius 1 is 1.15 bits per heavy atom. The van der Waals surface area contributed by atoms with Gasteiger partial charge in [0.25, 0.3) is 16.1 Å². The van der Waals surface area contributed by atoms with Crippen LogP contribution in [0.15, 0.2) is 47.1 Å². The molecule has 2 N–H and O–H groups in total. The van der Waals surface area contributed by atoms with Crippen LogP contribution < -0.4 is 10.0 Å². The minimum atomic E-state index is -3.52. The van der Waals surface area contributed by atoms with E-state index in [1.165, 1.54) is 17.0 Å². The molecule has 0 aliphatic heterocycles. The number of benzene rings is 1. The zero-order valence-electron chi connectivity index (χ0n) is 15.3. The lowest BCUT2D eigenvalue weighted by Crippen LogP contribution is -2.44. The number of rotatable bonds is 7. The third-order valence-corrected chi connectivity index (χ3v) is 6.45. The third kappa shape index (κ3) is 5.18. The molecule has 0 atom stereocenters. The maximum Gasteiger partial charge on any atom is 0.291 e. The lowest BCUT2D eigenvalue weighted by Gasteiger charge is -2.30. The normalized spacial score (nSPS) is 15.8.